The summed E-state index contributed by atoms with van der Waals surface area (Å²) in [5.41, 5.74) is 2.92. The van der Waals surface area contributed by atoms with Crippen LogP contribution in [-0.2, 0) is 9.53 Å². The van der Waals surface area contributed by atoms with Crippen LogP contribution in [0.15, 0.2) is 23.0 Å². The molecule has 2 nitrogen and oxygen atoms in total. The highest BCUT2D eigenvalue weighted by Gasteiger charge is 2.48. The highest BCUT2D eigenvalue weighted by Crippen LogP contribution is 2.54. The van der Waals surface area contributed by atoms with E-state index in [9.17, 15) is 4.79 Å². The van der Waals surface area contributed by atoms with Crippen LogP contribution in [0.3, 0.4) is 0 Å². The zero-order valence-corrected chi connectivity index (χ0v) is 10.9. The van der Waals surface area contributed by atoms with Crippen molar-refractivity contribution < 1.29 is 9.53 Å². The van der Waals surface area contributed by atoms with Gasteiger partial charge in [-0.15, -0.1) is 0 Å². The lowest BCUT2D eigenvalue weighted by atomic mass is 9.62. The third-order valence-corrected chi connectivity index (χ3v) is 4.92. The first-order chi connectivity index (χ1) is 8.03. The molecular weight excluding hydrogens is 212 g/mol. The van der Waals surface area contributed by atoms with Crippen molar-refractivity contribution in [3.05, 3.63) is 23.0 Å². The first-order valence-electron chi connectivity index (χ1n) is 6.66. The minimum atomic E-state index is -0.0277. The van der Waals surface area contributed by atoms with Crippen LogP contribution in [-0.4, -0.2) is 5.97 Å². The van der Waals surface area contributed by atoms with E-state index in [0.29, 0.717) is 5.92 Å². The van der Waals surface area contributed by atoms with E-state index < -0.39 is 0 Å². The summed E-state index contributed by atoms with van der Waals surface area (Å²) in [4.78, 5) is 11.8. The lowest BCUT2D eigenvalue weighted by Gasteiger charge is -2.41. The Balaban J connectivity index is 2.16. The lowest BCUT2D eigenvalue weighted by Crippen LogP contribution is -2.31. The molecule has 2 heteroatoms. The number of ether oxygens (including phenoxy) is 1. The van der Waals surface area contributed by atoms with Crippen molar-refractivity contribution in [2.24, 2.45) is 17.3 Å². The van der Waals surface area contributed by atoms with Gasteiger partial charge in [0.2, 0.25) is 0 Å². The first-order valence-corrected chi connectivity index (χ1v) is 6.66. The number of fused-ring (bicyclic) bond motifs is 2. The topological polar surface area (TPSA) is 26.3 Å². The van der Waals surface area contributed by atoms with Gasteiger partial charge in [-0.05, 0) is 49.2 Å². The van der Waals surface area contributed by atoms with Gasteiger partial charge in [0, 0.05) is 5.92 Å². The van der Waals surface area contributed by atoms with E-state index in [1.165, 1.54) is 24.0 Å². The lowest BCUT2D eigenvalue weighted by molar-refractivity contribution is -0.138. The molecule has 0 saturated carbocycles. The number of carbonyl (C=O) groups is 1. The smallest absolute Gasteiger partial charge is 0.314 e. The summed E-state index contributed by atoms with van der Waals surface area (Å²) in [5.74, 6) is 1.37. The number of rotatable bonds is 0. The molecule has 3 rings (SSSR count). The molecule has 0 radical (unpaired) electrons. The predicted molar refractivity (Wildman–Crippen MR) is 66.1 cm³/mol. The number of hydrogen-bond acceptors (Lipinski definition) is 2. The number of hydrogen-bond donors (Lipinski definition) is 0. The van der Waals surface area contributed by atoms with Crippen LogP contribution in [0.4, 0.5) is 0 Å². The van der Waals surface area contributed by atoms with E-state index in [2.05, 4.69) is 19.9 Å². The summed E-state index contributed by atoms with van der Waals surface area (Å²) in [5, 5.41) is 0. The fourth-order valence-electron chi connectivity index (χ4n) is 3.81. The van der Waals surface area contributed by atoms with Gasteiger partial charge in [-0.3, -0.25) is 4.79 Å². The highest BCUT2D eigenvalue weighted by atomic mass is 16.5. The summed E-state index contributed by atoms with van der Waals surface area (Å²) in [7, 11) is 0. The van der Waals surface area contributed by atoms with Gasteiger partial charge < -0.3 is 4.74 Å². The zero-order chi connectivity index (χ0) is 12.2. The molecule has 1 saturated heterocycles. The second-order valence-electron chi connectivity index (χ2n) is 6.08. The van der Waals surface area contributed by atoms with Crippen LogP contribution in [0.25, 0.3) is 0 Å². The Morgan fingerprint density at radius 2 is 2.18 bits per heavy atom. The standard InChI is InChI=1S/C15H20O2/c1-9-5-4-7-15(3)8-6-11-10(2)14(16)17-13(11)12(9)15/h5,10-11H,4,6-8H2,1-3H3/t10-,11-,15+/m0/s1. The van der Waals surface area contributed by atoms with Gasteiger partial charge in [-0.25, -0.2) is 0 Å². The molecule has 0 aromatic rings. The van der Waals surface area contributed by atoms with Crippen LogP contribution >= 0.6 is 0 Å². The molecule has 17 heavy (non-hydrogen) atoms. The van der Waals surface area contributed by atoms with Crippen molar-refractivity contribution >= 4 is 5.97 Å². The fourth-order valence-corrected chi connectivity index (χ4v) is 3.81. The van der Waals surface area contributed by atoms with Crippen molar-refractivity contribution in [1.82, 2.24) is 0 Å². The molecule has 92 valence electrons. The molecule has 0 aromatic heterocycles. The Labute approximate surface area is 103 Å². The molecule has 0 unspecified atom stereocenters. The van der Waals surface area contributed by atoms with Crippen molar-refractivity contribution in [2.75, 3.05) is 0 Å². The van der Waals surface area contributed by atoms with Gasteiger partial charge >= 0.3 is 5.97 Å². The van der Waals surface area contributed by atoms with Crippen LogP contribution in [0, 0.1) is 17.3 Å². The number of esters is 1. The van der Waals surface area contributed by atoms with Crippen molar-refractivity contribution in [2.45, 2.75) is 46.5 Å². The average Bonchev–Trinajstić information content (AvgIpc) is 2.54. The largest absolute Gasteiger partial charge is 0.430 e. The van der Waals surface area contributed by atoms with Gasteiger partial charge in [-0.2, -0.15) is 0 Å². The Morgan fingerprint density at radius 3 is 2.94 bits per heavy atom. The fraction of sp³-hybridized carbons (Fsp3) is 0.667. The maximum Gasteiger partial charge on any atom is 0.314 e. The van der Waals surface area contributed by atoms with Crippen LogP contribution in [0.2, 0.25) is 0 Å². The third kappa shape index (κ3) is 1.42. The van der Waals surface area contributed by atoms with Crippen LogP contribution in [0.1, 0.15) is 46.5 Å². The molecule has 3 aliphatic rings. The Bertz CT molecular complexity index is 444. The SMILES string of the molecule is CC1=CCC[C@]2(C)CC[C@@H]3C(=C12)OC(=O)[C@H]3C. The second kappa shape index (κ2) is 3.47. The summed E-state index contributed by atoms with van der Waals surface area (Å²) >= 11 is 0. The maximum atomic E-state index is 11.8. The summed E-state index contributed by atoms with van der Waals surface area (Å²) < 4.78 is 5.58. The quantitative estimate of drug-likeness (QED) is 0.597. The van der Waals surface area contributed by atoms with E-state index in [4.69, 9.17) is 4.74 Å². The molecular formula is C15H20O2. The summed E-state index contributed by atoms with van der Waals surface area (Å²) in [6.45, 7) is 6.50. The van der Waals surface area contributed by atoms with E-state index in [0.717, 1.165) is 18.6 Å². The molecule has 1 fully saturated rings. The molecule has 0 amide bonds. The van der Waals surface area contributed by atoms with Gasteiger partial charge in [0.1, 0.15) is 5.76 Å². The van der Waals surface area contributed by atoms with Crippen molar-refractivity contribution in [3.8, 4) is 0 Å². The Morgan fingerprint density at radius 1 is 1.41 bits per heavy atom. The van der Waals surface area contributed by atoms with E-state index in [1.807, 2.05) is 6.92 Å². The molecule has 0 bridgehead atoms. The predicted octanol–water partition coefficient (Wildman–Crippen LogP) is 3.59. The monoisotopic (exact) mass is 232 g/mol. The Hall–Kier alpha value is -1.05. The first kappa shape index (κ1) is 11.1. The minimum absolute atomic E-state index is 0.0277. The van der Waals surface area contributed by atoms with Gasteiger partial charge in [0.15, 0.2) is 0 Å². The molecule has 0 aromatic carbocycles. The van der Waals surface area contributed by atoms with E-state index >= 15 is 0 Å². The van der Waals surface area contributed by atoms with Crippen molar-refractivity contribution in [3.63, 3.8) is 0 Å². The number of allylic oxidation sites excluding steroid dienone is 4. The van der Waals surface area contributed by atoms with E-state index in [1.54, 1.807) is 0 Å². The molecule has 0 spiro atoms. The molecule has 0 N–H and O–H groups in total. The molecule has 2 aliphatic carbocycles. The average molecular weight is 232 g/mol. The zero-order valence-electron chi connectivity index (χ0n) is 10.9. The summed E-state index contributed by atoms with van der Waals surface area (Å²) in [6.07, 6.45) is 6.95. The van der Waals surface area contributed by atoms with Crippen molar-refractivity contribution in [1.29, 1.82) is 0 Å². The normalized spacial score (nSPS) is 40.6. The number of carbonyl (C=O) groups excluding carboxylic acids is 1. The highest BCUT2D eigenvalue weighted by molar-refractivity contribution is 5.77. The molecule has 1 aliphatic heterocycles. The van der Waals surface area contributed by atoms with E-state index in [-0.39, 0.29) is 17.3 Å². The van der Waals surface area contributed by atoms with Crippen LogP contribution in [0.5, 0.6) is 0 Å². The van der Waals surface area contributed by atoms with Crippen LogP contribution < -0.4 is 0 Å². The maximum absolute atomic E-state index is 11.8. The molecule has 1 heterocycles. The Kier molecular flexibility index (Phi) is 2.26. The van der Waals surface area contributed by atoms with Gasteiger partial charge in [-0.1, -0.05) is 19.9 Å². The minimum Gasteiger partial charge on any atom is -0.430 e. The third-order valence-electron chi connectivity index (χ3n) is 4.92. The van der Waals surface area contributed by atoms with Gasteiger partial charge in [0.05, 0.1) is 5.92 Å². The molecule has 3 atom stereocenters. The summed E-state index contributed by atoms with van der Waals surface area (Å²) in [6, 6.07) is 0. The second-order valence-corrected chi connectivity index (χ2v) is 6.08. The van der Waals surface area contributed by atoms with Gasteiger partial charge in [0.25, 0.3) is 0 Å².